The van der Waals surface area contributed by atoms with Gasteiger partial charge in [-0.05, 0) is 5.92 Å². The molecule has 0 bridgehead atoms. The highest BCUT2D eigenvalue weighted by Crippen LogP contribution is 2.03. The number of nitrogens with two attached hydrogens (primary N) is 1. The van der Waals surface area contributed by atoms with Gasteiger partial charge in [-0.2, -0.15) is 0 Å². The quantitative estimate of drug-likeness (QED) is 0.514. The zero-order valence-electron chi connectivity index (χ0n) is 9.07. The van der Waals surface area contributed by atoms with Crippen molar-refractivity contribution in [3.8, 4) is 0 Å². The summed E-state index contributed by atoms with van der Waals surface area (Å²) in [7, 11) is 1.28. The first-order chi connectivity index (χ1) is 6.88. The first kappa shape index (κ1) is 13.8. The van der Waals surface area contributed by atoms with Gasteiger partial charge in [-0.1, -0.05) is 26.1 Å². The molecule has 0 aliphatic carbocycles. The van der Waals surface area contributed by atoms with E-state index in [0.717, 1.165) is 0 Å². The summed E-state index contributed by atoms with van der Waals surface area (Å²) in [5.74, 6) is -0.888. The summed E-state index contributed by atoms with van der Waals surface area (Å²) in [6, 6.07) is -0.656. The van der Waals surface area contributed by atoms with Crippen LogP contribution >= 0.6 is 12.2 Å². The normalized spacial score (nSPS) is 12.0. The van der Waals surface area contributed by atoms with E-state index in [0.29, 0.717) is 0 Å². The standard InChI is InChI=1S/C9H16N2O3S/c1-5(2)8(9(13)14-3)11-7(12)4-6(10)15/h5,8H,4H2,1-3H3,(H2,10,15)(H,11,12). The number of thiocarbonyl (C=S) groups is 1. The van der Waals surface area contributed by atoms with Crippen molar-refractivity contribution >= 4 is 29.1 Å². The van der Waals surface area contributed by atoms with Gasteiger partial charge < -0.3 is 15.8 Å². The SMILES string of the molecule is COC(=O)C(NC(=O)CC(N)=S)C(C)C. The van der Waals surface area contributed by atoms with Crippen molar-refractivity contribution in [2.24, 2.45) is 11.7 Å². The number of nitrogens with one attached hydrogen (secondary N) is 1. The molecule has 0 aromatic rings. The molecule has 5 nitrogen and oxygen atoms in total. The molecule has 15 heavy (non-hydrogen) atoms. The Morgan fingerprint density at radius 3 is 2.33 bits per heavy atom. The lowest BCUT2D eigenvalue weighted by Gasteiger charge is -2.19. The molecule has 1 unspecified atom stereocenters. The second kappa shape index (κ2) is 6.34. The fourth-order valence-electron chi connectivity index (χ4n) is 1.01. The van der Waals surface area contributed by atoms with Crippen LogP contribution < -0.4 is 11.1 Å². The van der Waals surface area contributed by atoms with Crippen molar-refractivity contribution in [2.45, 2.75) is 26.3 Å². The van der Waals surface area contributed by atoms with E-state index in [2.05, 4.69) is 22.3 Å². The van der Waals surface area contributed by atoms with Crippen molar-refractivity contribution in [3.05, 3.63) is 0 Å². The second-order valence-corrected chi connectivity index (χ2v) is 3.98. The first-order valence-corrected chi connectivity index (χ1v) is 4.94. The number of hydrogen-bond acceptors (Lipinski definition) is 4. The number of hydrogen-bond donors (Lipinski definition) is 2. The second-order valence-electron chi connectivity index (χ2n) is 3.46. The molecule has 0 aromatic heterocycles. The highest BCUT2D eigenvalue weighted by molar-refractivity contribution is 7.80. The fourth-order valence-corrected chi connectivity index (χ4v) is 1.14. The van der Waals surface area contributed by atoms with Gasteiger partial charge in [0.1, 0.15) is 6.04 Å². The number of amides is 1. The van der Waals surface area contributed by atoms with Crippen LogP contribution in [0.25, 0.3) is 0 Å². The average molecular weight is 232 g/mol. The molecule has 0 fully saturated rings. The van der Waals surface area contributed by atoms with Crippen LogP contribution in [-0.2, 0) is 14.3 Å². The maximum Gasteiger partial charge on any atom is 0.328 e. The number of esters is 1. The van der Waals surface area contributed by atoms with Crippen molar-refractivity contribution < 1.29 is 14.3 Å². The summed E-state index contributed by atoms with van der Waals surface area (Å²) in [6.45, 7) is 3.62. The predicted molar refractivity (Wildman–Crippen MR) is 60.2 cm³/mol. The van der Waals surface area contributed by atoms with E-state index in [-0.39, 0.29) is 23.2 Å². The van der Waals surface area contributed by atoms with Gasteiger partial charge in [0.05, 0.1) is 18.5 Å². The smallest absolute Gasteiger partial charge is 0.328 e. The van der Waals surface area contributed by atoms with Crippen LogP contribution in [0.3, 0.4) is 0 Å². The lowest BCUT2D eigenvalue weighted by molar-refractivity contribution is -0.146. The molecule has 86 valence electrons. The van der Waals surface area contributed by atoms with Gasteiger partial charge in [0.25, 0.3) is 0 Å². The van der Waals surface area contributed by atoms with Gasteiger partial charge in [-0.15, -0.1) is 0 Å². The number of carbonyl (C=O) groups excluding carboxylic acids is 2. The largest absolute Gasteiger partial charge is 0.467 e. The molecule has 0 aromatic carbocycles. The third kappa shape index (κ3) is 5.31. The maximum absolute atomic E-state index is 11.3. The molecule has 3 N–H and O–H groups in total. The van der Waals surface area contributed by atoms with Crippen LogP contribution in [0.5, 0.6) is 0 Å². The predicted octanol–water partition coefficient (Wildman–Crippen LogP) is -0.0236. The third-order valence-corrected chi connectivity index (χ3v) is 1.92. The van der Waals surface area contributed by atoms with Gasteiger partial charge in [0.2, 0.25) is 5.91 Å². The monoisotopic (exact) mass is 232 g/mol. The Morgan fingerprint density at radius 1 is 1.47 bits per heavy atom. The van der Waals surface area contributed by atoms with E-state index in [1.807, 2.05) is 13.8 Å². The highest BCUT2D eigenvalue weighted by atomic mass is 32.1. The maximum atomic E-state index is 11.3. The molecule has 0 rings (SSSR count). The Hall–Kier alpha value is -1.17. The van der Waals surface area contributed by atoms with E-state index in [1.165, 1.54) is 7.11 Å². The molecule has 0 radical (unpaired) electrons. The molecule has 0 heterocycles. The molecule has 1 atom stereocenters. The van der Waals surface area contributed by atoms with E-state index >= 15 is 0 Å². The molecule has 1 amide bonds. The molecule has 0 spiro atoms. The number of methoxy groups -OCH3 is 1. The van der Waals surface area contributed by atoms with Crippen LogP contribution in [0.1, 0.15) is 20.3 Å². The van der Waals surface area contributed by atoms with Crippen molar-refractivity contribution in [2.75, 3.05) is 7.11 Å². The minimum Gasteiger partial charge on any atom is -0.467 e. The summed E-state index contributed by atoms with van der Waals surface area (Å²) >= 11 is 4.59. The Labute approximate surface area is 94.3 Å². The summed E-state index contributed by atoms with van der Waals surface area (Å²) in [4.78, 5) is 22.7. The van der Waals surface area contributed by atoms with Crippen molar-refractivity contribution in [3.63, 3.8) is 0 Å². The minimum atomic E-state index is -0.656. The van der Waals surface area contributed by atoms with Crippen LogP contribution in [0.4, 0.5) is 0 Å². The van der Waals surface area contributed by atoms with E-state index in [9.17, 15) is 9.59 Å². The highest BCUT2D eigenvalue weighted by Gasteiger charge is 2.24. The minimum absolute atomic E-state index is 0.0484. The van der Waals surface area contributed by atoms with Crippen LogP contribution in [0.2, 0.25) is 0 Å². The molecule has 0 aliphatic rings. The Balaban J connectivity index is 4.35. The third-order valence-electron chi connectivity index (χ3n) is 1.77. The van der Waals surface area contributed by atoms with Crippen LogP contribution in [-0.4, -0.2) is 30.0 Å². The molecule has 0 saturated carbocycles. The van der Waals surface area contributed by atoms with Crippen LogP contribution in [0.15, 0.2) is 0 Å². The van der Waals surface area contributed by atoms with E-state index in [4.69, 9.17) is 5.73 Å². The summed E-state index contributed by atoms with van der Waals surface area (Å²) in [5, 5.41) is 2.52. The van der Waals surface area contributed by atoms with Crippen molar-refractivity contribution in [1.29, 1.82) is 0 Å². The molecular formula is C9H16N2O3S. The molecular weight excluding hydrogens is 216 g/mol. The van der Waals surface area contributed by atoms with Gasteiger partial charge in [0.15, 0.2) is 0 Å². The summed E-state index contributed by atoms with van der Waals surface area (Å²) in [6.07, 6.45) is -0.0600. The van der Waals surface area contributed by atoms with Gasteiger partial charge in [0, 0.05) is 0 Å². The molecule has 0 aliphatic heterocycles. The number of rotatable bonds is 5. The fraction of sp³-hybridized carbons (Fsp3) is 0.667. The van der Waals surface area contributed by atoms with Crippen LogP contribution in [0, 0.1) is 5.92 Å². The number of ether oxygens (including phenoxy) is 1. The Bertz CT molecular complexity index is 266. The molecule has 6 heteroatoms. The average Bonchev–Trinajstić information content (AvgIpc) is 2.11. The lowest BCUT2D eigenvalue weighted by atomic mass is 10.0. The van der Waals surface area contributed by atoms with Gasteiger partial charge in [-0.3, -0.25) is 4.79 Å². The van der Waals surface area contributed by atoms with Gasteiger partial charge in [-0.25, -0.2) is 4.79 Å². The lowest BCUT2D eigenvalue weighted by Crippen LogP contribution is -2.45. The zero-order valence-corrected chi connectivity index (χ0v) is 9.89. The molecule has 0 saturated heterocycles. The number of carbonyl (C=O) groups is 2. The Morgan fingerprint density at radius 2 is 2.00 bits per heavy atom. The zero-order chi connectivity index (χ0) is 12.0. The first-order valence-electron chi connectivity index (χ1n) is 4.54. The van der Waals surface area contributed by atoms with Crippen molar-refractivity contribution in [1.82, 2.24) is 5.32 Å². The summed E-state index contributed by atoms with van der Waals surface area (Å²) < 4.78 is 4.56. The topological polar surface area (TPSA) is 81.4 Å². The Kier molecular flexibility index (Phi) is 5.84. The van der Waals surface area contributed by atoms with E-state index < -0.39 is 12.0 Å². The van der Waals surface area contributed by atoms with E-state index in [1.54, 1.807) is 0 Å². The van der Waals surface area contributed by atoms with Gasteiger partial charge >= 0.3 is 5.97 Å². The summed E-state index contributed by atoms with van der Waals surface area (Å²) in [5.41, 5.74) is 5.21.